The Kier molecular flexibility index (Phi) is 7.65. The summed E-state index contributed by atoms with van der Waals surface area (Å²) in [6, 6.07) is 12.3. The molecule has 0 amide bonds. The lowest BCUT2D eigenvalue weighted by Crippen LogP contribution is -2.28. The second kappa shape index (κ2) is 9.78. The van der Waals surface area contributed by atoms with Crippen molar-refractivity contribution < 1.29 is 27.5 Å². The van der Waals surface area contributed by atoms with Gasteiger partial charge >= 0.3 is 12.1 Å². The first-order chi connectivity index (χ1) is 14.0. The van der Waals surface area contributed by atoms with Crippen molar-refractivity contribution in [3.63, 3.8) is 0 Å². The van der Waals surface area contributed by atoms with Crippen molar-refractivity contribution >= 4 is 17.9 Å². The summed E-state index contributed by atoms with van der Waals surface area (Å²) < 4.78 is 45.0. The van der Waals surface area contributed by atoms with Gasteiger partial charge in [-0.2, -0.15) is 13.2 Å². The summed E-state index contributed by atoms with van der Waals surface area (Å²) in [7, 11) is 0. The maximum absolute atomic E-state index is 13.2. The van der Waals surface area contributed by atoms with E-state index in [4.69, 9.17) is 4.74 Å². The van der Waals surface area contributed by atoms with Crippen LogP contribution < -0.4 is 4.90 Å². The molecule has 0 unspecified atom stereocenters. The Morgan fingerprint density at radius 3 is 2.30 bits per heavy atom. The molecule has 2 aromatic carbocycles. The highest BCUT2D eigenvalue weighted by Crippen LogP contribution is 2.33. The fourth-order valence-electron chi connectivity index (χ4n) is 2.99. The lowest BCUT2D eigenvalue weighted by Gasteiger charge is -2.27. The molecular weight excluding hydrogens is 395 g/mol. The average Bonchev–Trinajstić information content (AvgIpc) is 2.65. The quantitative estimate of drug-likeness (QED) is 0.408. The second-order valence-electron chi connectivity index (χ2n) is 7.99. The van der Waals surface area contributed by atoms with Gasteiger partial charge in [0.1, 0.15) is 5.60 Å². The molecule has 4 nitrogen and oxygen atoms in total. The van der Waals surface area contributed by atoms with Gasteiger partial charge in [-0.05, 0) is 51.0 Å². The number of halogens is 3. The third-order valence-electron chi connectivity index (χ3n) is 4.27. The zero-order valence-electron chi connectivity index (χ0n) is 17.3. The Morgan fingerprint density at radius 1 is 1.07 bits per heavy atom. The molecule has 0 aliphatic heterocycles. The Hall–Kier alpha value is -2.83. The summed E-state index contributed by atoms with van der Waals surface area (Å²) in [5.74, 6) is -0.373. The number of nitrogens with zero attached hydrogens (tertiary/aromatic N) is 1. The van der Waals surface area contributed by atoms with Crippen LogP contribution in [0.5, 0.6) is 0 Å². The highest BCUT2D eigenvalue weighted by Gasteiger charge is 2.31. The Bertz CT molecular complexity index is 858. The fourth-order valence-corrected chi connectivity index (χ4v) is 2.99. The number of rotatable bonds is 8. The van der Waals surface area contributed by atoms with Crippen LogP contribution in [0.3, 0.4) is 0 Å². The number of ether oxygens (including phenoxy) is 1. The zero-order chi connectivity index (χ0) is 22.4. The van der Waals surface area contributed by atoms with Crippen molar-refractivity contribution in [2.75, 3.05) is 11.4 Å². The van der Waals surface area contributed by atoms with E-state index in [0.717, 1.165) is 17.7 Å². The predicted octanol–water partition coefficient (Wildman–Crippen LogP) is 5.65. The van der Waals surface area contributed by atoms with Crippen molar-refractivity contribution in [1.29, 1.82) is 0 Å². The van der Waals surface area contributed by atoms with Crippen LogP contribution in [0.4, 0.5) is 18.9 Å². The molecule has 7 heteroatoms. The van der Waals surface area contributed by atoms with E-state index in [1.165, 1.54) is 6.07 Å². The Morgan fingerprint density at radius 2 is 1.73 bits per heavy atom. The molecule has 0 saturated carbocycles. The van der Waals surface area contributed by atoms with Gasteiger partial charge < -0.3 is 9.64 Å². The number of esters is 1. The molecule has 2 aromatic rings. The lowest BCUT2D eigenvalue weighted by molar-refractivity contribution is -0.154. The fraction of sp³-hybridized carbons (Fsp3) is 0.391. The summed E-state index contributed by atoms with van der Waals surface area (Å²) >= 11 is 0. The normalized spacial score (nSPS) is 11.8. The van der Waals surface area contributed by atoms with Gasteiger partial charge in [0, 0.05) is 30.8 Å². The maximum atomic E-state index is 13.2. The Balaban J connectivity index is 2.27. The SMILES string of the molecule is CC(C)(C)OC(=O)CCCN(Cc1ccccc1)c1cc(C(F)(F)F)ccc1C=O. The van der Waals surface area contributed by atoms with Crippen LogP contribution in [0.15, 0.2) is 48.5 Å². The molecule has 0 atom stereocenters. The molecule has 0 N–H and O–H groups in total. The summed E-state index contributed by atoms with van der Waals surface area (Å²) in [4.78, 5) is 25.2. The molecule has 2 rings (SSSR count). The smallest absolute Gasteiger partial charge is 0.416 e. The molecule has 162 valence electrons. The first-order valence-corrected chi connectivity index (χ1v) is 9.67. The third-order valence-corrected chi connectivity index (χ3v) is 4.27. The van der Waals surface area contributed by atoms with E-state index in [2.05, 4.69) is 0 Å². The zero-order valence-corrected chi connectivity index (χ0v) is 17.3. The molecule has 0 heterocycles. The largest absolute Gasteiger partial charge is 0.460 e. The van der Waals surface area contributed by atoms with E-state index in [-0.39, 0.29) is 30.2 Å². The average molecular weight is 421 g/mol. The Labute approximate surface area is 174 Å². The second-order valence-corrected chi connectivity index (χ2v) is 7.99. The van der Waals surface area contributed by atoms with Crippen LogP contribution in [0, 0.1) is 0 Å². The number of hydrogen-bond acceptors (Lipinski definition) is 4. The van der Waals surface area contributed by atoms with Crippen LogP contribution in [0.25, 0.3) is 0 Å². The number of carbonyl (C=O) groups is 2. The number of carbonyl (C=O) groups excluding carboxylic acids is 2. The minimum Gasteiger partial charge on any atom is -0.460 e. The van der Waals surface area contributed by atoms with E-state index in [1.807, 2.05) is 30.3 Å². The van der Waals surface area contributed by atoms with Gasteiger partial charge in [0.25, 0.3) is 0 Å². The summed E-state index contributed by atoms with van der Waals surface area (Å²) in [5, 5.41) is 0. The minimum absolute atomic E-state index is 0.123. The third kappa shape index (κ3) is 7.21. The maximum Gasteiger partial charge on any atom is 0.416 e. The first-order valence-electron chi connectivity index (χ1n) is 9.67. The molecular formula is C23H26F3NO3. The molecule has 0 aliphatic rings. The van der Waals surface area contributed by atoms with E-state index in [9.17, 15) is 22.8 Å². The van der Waals surface area contributed by atoms with Crippen molar-refractivity contribution in [3.8, 4) is 0 Å². The van der Waals surface area contributed by atoms with Gasteiger partial charge in [0.15, 0.2) is 6.29 Å². The van der Waals surface area contributed by atoms with Crippen molar-refractivity contribution in [1.82, 2.24) is 0 Å². The van der Waals surface area contributed by atoms with E-state index < -0.39 is 17.3 Å². The molecule has 0 saturated heterocycles. The number of alkyl halides is 3. The van der Waals surface area contributed by atoms with Gasteiger partial charge in [-0.25, -0.2) is 0 Å². The van der Waals surface area contributed by atoms with Gasteiger partial charge in [-0.1, -0.05) is 30.3 Å². The van der Waals surface area contributed by atoms with Crippen LogP contribution >= 0.6 is 0 Å². The van der Waals surface area contributed by atoms with Gasteiger partial charge in [-0.3, -0.25) is 9.59 Å². The standard InChI is InChI=1S/C23H26F3NO3/c1-22(2,3)30-21(29)10-7-13-27(15-17-8-5-4-6-9-17)20-14-19(23(24,25)26)12-11-18(20)16-28/h4-6,8-9,11-12,14,16H,7,10,13,15H2,1-3H3. The lowest BCUT2D eigenvalue weighted by atomic mass is 10.1. The molecule has 0 fully saturated rings. The summed E-state index contributed by atoms with van der Waals surface area (Å²) in [6.07, 6.45) is -3.49. The minimum atomic E-state index is -4.52. The highest BCUT2D eigenvalue weighted by molar-refractivity contribution is 5.85. The number of aldehydes is 1. The van der Waals surface area contributed by atoms with Crippen molar-refractivity contribution in [3.05, 3.63) is 65.2 Å². The van der Waals surface area contributed by atoms with E-state index in [0.29, 0.717) is 19.3 Å². The molecule has 0 aromatic heterocycles. The van der Waals surface area contributed by atoms with E-state index in [1.54, 1.807) is 25.7 Å². The summed E-state index contributed by atoms with van der Waals surface area (Å²) in [5.41, 5.74) is -0.201. The van der Waals surface area contributed by atoms with E-state index >= 15 is 0 Å². The number of benzene rings is 2. The molecule has 0 radical (unpaired) electrons. The summed E-state index contributed by atoms with van der Waals surface area (Å²) in [6.45, 7) is 5.90. The highest BCUT2D eigenvalue weighted by atomic mass is 19.4. The van der Waals surface area contributed by atoms with Crippen LogP contribution in [-0.2, 0) is 22.3 Å². The van der Waals surface area contributed by atoms with Crippen LogP contribution in [0.2, 0.25) is 0 Å². The monoisotopic (exact) mass is 421 g/mol. The first kappa shape index (κ1) is 23.4. The molecule has 0 spiro atoms. The number of anilines is 1. The van der Waals surface area contributed by atoms with Crippen molar-refractivity contribution in [2.24, 2.45) is 0 Å². The molecule has 0 aliphatic carbocycles. The van der Waals surface area contributed by atoms with Gasteiger partial charge in [0.05, 0.1) is 5.56 Å². The van der Waals surface area contributed by atoms with Crippen LogP contribution in [-0.4, -0.2) is 24.4 Å². The van der Waals surface area contributed by atoms with Crippen molar-refractivity contribution in [2.45, 2.75) is 51.9 Å². The topological polar surface area (TPSA) is 46.6 Å². The van der Waals surface area contributed by atoms with Gasteiger partial charge in [0.2, 0.25) is 0 Å². The number of hydrogen-bond donors (Lipinski definition) is 0. The van der Waals surface area contributed by atoms with Gasteiger partial charge in [-0.15, -0.1) is 0 Å². The predicted molar refractivity (Wildman–Crippen MR) is 109 cm³/mol. The molecule has 30 heavy (non-hydrogen) atoms. The molecule has 0 bridgehead atoms. The van der Waals surface area contributed by atoms with Crippen LogP contribution in [0.1, 0.15) is 55.1 Å².